The molecule has 1 atom stereocenters. The predicted molar refractivity (Wildman–Crippen MR) is 64.5 cm³/mol. The lowest BCUT2D eigenvalue weighted by atomic mass is 10.1. The molecule has 0 aromatic carbocycles. The van der Waals surface area contributed by atoms with E-state index in [1.807, 2.05) is 12.1 Å². The Kier molecular flexibility index (Phi) is 5.12. The van der Waals surface area contributed by atoms with Crippen LogP contribution in [0.2, 0.25) is 0 Å². The summed E-state index contributed by atoms with van der Waals surface area (Å²) in [5, 5.41) is 3.45. The van der Waals surface area contributed by atoms with E-state index in [1.165, 1.54) is 19.3 Å². The third-order valence-corrected chi connectivity index (χ3v) is 2.47. The number of pyridine rings is 1. The highest BCUT2D eigenvalue weighted by atomic mass is 14.9. The van der Waals surface area contributed by atoms with Crippen LogP contribution in [0.4, 0.5) is 5.69 Å². The largest absolute Gasteiger partial charge is 0.397 e. The van der Waals surface area contributed by atoms with Gasteiger partial charge in [0.1, 0.15) is 0 Å². The maximum atomic E-state index is 5.57. The zero-order chi connectivity index (χ0) is 11.1. The van der Waals surface area contributed by atoms with E-state index in [0.29, 0.717) is 6.04 Å². The third-order valence-electron chi connectivity index (χ3n) is 2.47. The molecule has 3 nitrogen and oxygen atoms in total. The molecule has 1 aromatic heterocycles. The zero-order valence-electron chi connectivity index (χ0n) is 9.66. The average molecular weight is 207 g/mol. The van der Waals surface area contributed by atoms with Crippen molar-refractivity contribution in [3.8, 4) is 0 Å². The number of rotatable bonds is 6. The molecule has 0 bridgehead atoms. The number of hydrogen-bond donors (Lipinski definition) is 2. The van der Waals surface area contributed by atoms with Crippen LogP contribution in [-0.4, -0.2) is 11.0 Å². The van der Waals surface area contributed by atoms with Gasteiger partial charge < -0.3 is 11.1 Å². The van der Waals surface area contributed by atoms with Crippen LogP contribution in [-0.2, 0) is 6.54 Å². The smallest absolute Gasteiger partial charge is 0.0543 e. The number of unbranched alkanes of at least 4 members (excludes halogenated alkanes) is 1. The van der Waals surface area contributed by atoms with Crippen LogP contribution in [0.15, 0.2) is 18.3 Å². The molecule has 0 radical (unpaired) electrons. The van der Waals surface area contributed by atoms with Gasteiger partial charge in [0.2, 0.25) is 0 Å². The maximum Gasteiger partial charge on any atom is 0.0543 e. The van der Waals surface area contributed by atoms with Crippen molar-refractivity contribution in [3.05, 3.63) is 24.0 Å². The van der Waals surface area contributed by atoms with Crippen LogP contribution < -0.4 is 11.1 Å². The Balaban J connectivity index is 2.27. The van der Waals surface area contributed by atoms with E-state index in [2.05, 4.69) is 24.1 Å². The molecule has 1 heterocycles. The van der Waals surface area contributed by atoms with Crippen LogP contribution in [0.3, 0.4) is 0 Å². The highest BCUT2D eigenvalue weighted by Gasteiger charge is 2.01. The molecule has 1 aromatic rings. The molecular weight excluding hydrogens is 186 g/mol. The van der Waals surface area contributed by atoms with E-state index in [9.17, 15) is 0 Å². The van der Waals surface area contributed by atoms with E-state index < -0.39 is 0 Å². The minimum atomic E-state index is 0.560. The van der Waals surface area contributed by atoms with E-state index >= 15 is 0 Å². The lowest BCUT2D eigenvalue weighted by Crippen LogP contribution is -2.25. The molecule has 84 valence electrons. The maximum absolute atomic E-state index is 5.57. The van der Waals surface area contributed by atoms with Gasteiger partial charge in [-0.05, 0) is 25.5 Å². The van der Waals surface area contributed by atoms with Gasteiger partial charge in [0.15, 0.2) is 0 Å². The van der Waals surface area contributed by atoms with Gasteiger partial charge in [-0.1, -0.05) is 19.8 Å². The van der Waals surface area contributed by atoms with E-state index in [0.717, 1.165) is 17.9 Å². The molecule has 3 heteroatoms. The standard InChI is InChI=1S/C12H21N3/c1-3-4-5-10(2)14-9-12-7-6-11(13)8-15-12/h6-8,10,14H,3-5,9,13H2,1-2H3. The van der Waals surface area contributed by atoms with Crippen LogP contribution >= 0.6 is 0 Å². The fourth-order valence-electron chi connectivity index (χ4n) is 1.43. The summed E-state index contributed by atoms with van der Waals surface area (Å²) in [6.45, 7) is 5.26. The van der Waals surface area contributed by atoms with Crippen molar-refractivity contribution in [3.63, 3.8) is 0 Å². The molecule has 0 aliphatic carbocycles. The molecule has 0 aliphatic rings. The van der Waals surface area contributed by atoms with Gasteiger partial charge in [0.25, 0.3) is 0 Å². The predicted octanol–water partition coefficient (Wildman–Crippen LogP) is 2.33. The number of nitrogen functional groups attached to an aromatic ring is 1. The second kappa shape index (κ2) is 6.40. The highest BCUT2D eigenvalue weighted by molar-refractivity contribution is 5.34. The van der Waals surface area contributed by atoms with E-state index in [-0.39, 0.29) is 0 Å². The van der Waals surface area contributed by atoms with Crippen molar-refractivity contribution in [1.82, 2.24) is 10.3 Å². The number of nitrogens with two attached hydrogens (primary N) is 1. The first-order chi connectivity index (χ1) is 7.22. The summed E-state index contributed by atoms with van der Waals surface area (Å²) in [6, 6.07) is 4.42. The molecule has 0 spiro atoms. The topological polar surface area (TPSA) is 50.9 Å². The minimum Gasteiger partial charge on any atom is -0.397 e. The summed E-state index contributed by atoms with van der Waals surface area (Å²) in [6.07, 6.45) is 5.47. The second-order valence-corrected chi connectivity index (χ2v) is 4.01. The highest BCUT2D eigenvalue weighted by Crippen LogP contribution is 2.03. The molecule has 3 N–H and O–H groups in total. The first-order valence-corrected chi connectivity index (χ1v) is 5.66. The Morgan fingerprint density at radius 3 is 2.87 bits per heavy atom. The van der Waals surface area contributed by atoms with Crippen LogP contribution in [0.5, 0.6) is 0 Å². The Morgan fingerprint density at radius 1 is 1.47 bits per heavy atom. The van der Waals surface area contributed by atoms with Crippen molar-refractivity contribution < 1.29 is 0 Å². The first-order valence-electron chi connectivity index (χ1n) is 5.66. The summed E-state index contributed by atoms with van der Waals surface area (Å²) in [4.78, 5) is 4.24. The van der Waals surface area contributed by atoms with Gasteiger partial charge in [0.05, 0.1) is 17.6 Å². The number of nitrogens with zero attached hydrogens (tertiary/aromatic N) is 1. The first kappa shape index (κ1) is 12.0. The molecule has 0 saturated heterocycles. The monoisotopic (exact) mass is 207 g/mol. The Morgan fingerprint density at radius 2 is 2.27 bits per heavy atom. The van der Waals surface area contributed by atoms with Crippen molar-refractivity contribution >= 4 is 5.69 Å². The molecular formula is C12H21N3. The van der Waals surface area contributed by atoms with Gasteiger partial charge in [-0.3, -0.25) is 4.98 Å². The quantitative estimate of drug-likeness (QED) is 0.752. The van der Waals surface area contributed by atoms with Crippen molar-refractivity contribution in [1.29, 1.82) is 0 Å². The molecule has 1 rings (SSSR count). The van der Waals surface area contributed by atoms with Crippen molar-refractivity contribution in [2.24, 2.45) is 0 Å². The minimum absolute atomic E-state index is 0.560. The zero-order valence-corrected chi connectivity index (χ0v) is 9.66. The molecule has 15 heavy (non-hydrogen) atoms. The lowest BCUT2D eigenvalue weighted by molar-refractivity contribution is 0.491. The Labute approximate surface area is 92.1 Å². The number of nitrogens with one attached hydrogen (secondary N) is 1. The fourth-order valence-corrected chi connectivity index (χ4v) is 1.43. The molecule has 0 fully saturated rings. The summed E-state index contributed by atoms with van der Waals surface area (Å²) in [7, 11) is 0. The van der Waals surface area contributed by atoms with Gasteiger partial charge in [-0.25, -0.2) is 0 Å². The van der Waals surface area contributed by atoms with Gasteiger partial charge in [-0.2, -0.15) is 0 Å². The fraction of sp³-hybridized carbons (Fsp3) is 0.583. The number of anilines is 1. The Bertz CT molecular complexity index is 269. The van der Waals surface area contributed by atoms with Gasteiger partial charge >= 0.3 is 0 Å². The van der Waals surface area contributed by atoms with Gasteiger partial charge in [0, 0.05) is 12.6 Å². The molecule has 0 amide bonds. The second-order valence-electron chi connectivity index (χ2n) is 4.01. The summed E-state index contributed by atoms with van der Waals surface area (Å²) in [5.41, 5.74) is 7.33. The summed E-state index contributed by atoms with van der Waals surface area (Å²) < 4.78 is 0. The van der Waals surface area contributed by atoms with E-state index in [1.54, 1.807) is 6.20 Å². The third kappa shape index (κ3) is 4.79. The van der Waals surface area contributed by atoms with Gasteiger partial charge in [-0.15, -0.1) is 0 Å². The number of hydrogen-bond acceptors (Lipinski definition) is 3. The normalized spacial score (nSPS) is 12.7. The van der Waals surface area contributed by atoms with Crippen LogP contribution in [0.1, 0.15) is 38.8 Å². The van der Waals surface area contributed by atoms with Crippen LogP contribution in [0.25, 0.3) is 0 Å². The van der Waals surface area contributed by atoms with Crippen molar-refractivity contribution in [2.75, 3.05) is 5.73 Å². The van der Waals surface area contributed by atoms with Crippen LogP contribution in [0, 0.1) is 0 Å². The van der Waals surface area contributed by atoms with Crippen molar-refractivity contribution in [2.45, 2.75) is 45.7 Å². The van der Waals surface area contributed by atoms with E-state index in [4.69, 9.17) is 5.73 Å². The molecule has 0 aliphatic heterocycles. The molecule has 0 saturated carbocycles. The number of aromatic nitrogens is 1. The average Bonchev–Trinajstić information content (AvgIpc) is 2.25. The lowest BCUT2D eigenvalue weighted by Gasteiger charge is -2.12. The summed E-state index contributed by atoms with van der Waals surface area (Å²) >= 11 is 0. The molecule has 1 unspecified atom stereocenters. The SMILES string of the molecule is CCCCC(C)NCc1ccc(N)cn1. The Hall–Kier alpha value is -1.09. The summed E-state index contributed by atoms with van der Waals surface area (Å²) in [5.74, 6) is 0.